The number of benzene rings is 1. The van der Waals surface area contributed by atoms with Crippen LogP contribution in [0.4, 0.5) is 5.13 Å². The number of anilines is 1. The maximum Gasteiger partial charge on any atom is 0.213 e. The Kier molecular flexibility index (Phi) is 3.08. The summed E-state index contributed by atoms with van der Waals surface area (Å²) in [6, 6.07) is 5.84. The Balaban J connectivity index is 1.77. The molecule has 0 aliphatic heterocycles. The number of oxazole rings is 1. The smallest absolute Gasteiger partial charge is 0.213 e. The quantitative estimate of drug-likeness (QED) is 0.792. The van der Waals surface area contributed by atoms with Gasteiger partial charge in [0.1, 0.15) is 11.5 Å². The van der Waals surface area contributed by atoms with Crippen LogP contribution in [0, 0.1) is 6.92 Å². The third kappa shape index (κ3) is 2.53. The van der Waals surface area contributed by atoms with Gasteiger partial charge >= 0.3 is 0 Å². The minimum Gasteiger partial charge on any atom is -0.497 e. The lowest BCUT2D eigenvalue weighted by Crippen LogP contribution is -1.98. The van der Waals surface area contributed by atoms with Crippen molar-refractivity contribution >= 4 is 26.7 Å². The number of hydrogen-bond acceptors (Lipinski definition) is 6. The topological polar surface area (TPSA) is 60.2 Å². The highest BCUT2D eigenvalue weighted by Gasteiger charge is 2.06. The van der Waals surface area contributed by atoms with Crippen LogP contribution in [0.25, 0.3) is 10.2 Å². The molecule has 2 aromatic heterocycles. The lowest BCUT2D eigenvalue weighted by molar-refractivity contribution is 0.415. The molecule has 0 spiro atoms. The van der Waals surface area contributed by atoms with Crippen molar-refractivity contribution in [3.8, 4) is 5.75 Å². The summed E-state index contributed by atoms with van der Waals surface area (Å²) in [6.07, 6.45) is 1.71. The Morgan fingerprint density at radius 1 is 1.42 bits per heavy atom. The maximum atomic E-state index is 5.40. The first-order valence-corrected chi connectivity index (χ1v) is 6.66. The van der Waals surface area contributed by atoms with E-state index in [2.05, 4.69) is 15.3 Å². The van der Waals surface area contributed by atoms with Crippen LogP contribution in [0.5, 0.6) is 5.75 Å². The highest BCUT2D eigenvalue weighted by Crippen LogP contribution is 2.29. The van der Waals surface area contributed by atoms with Crippen LogP contribution in [-0.2, 0) is 6.54 Å². The van der Waals surface area contributed by atoms with Gasteiger partial charge < -0.3 is 14.5 Å². The Labute approximate surface area is 114 Å². The Morgan fingerprint density at radius 2 is 2.32 bits per heavy atom. The average Bonchev–Trinajstić information content (AvgIpc) is 3.01. The summed E-state index contributed by atoms with van der Waals surface area (Å²) in [4.78, 5) is 8.63. The zero-order valence-corrected chi connectivity index (χ0v) is 11.5. The van der Waals surface area contributed by atoms with Gasteiger partial charge in [-0.3, -0.25) is 0 Å². The fraction of sp³-hybridized carbons (Fsp3) is 0.231. The lowest BCUT2D eigenvalue weighted by Gasteiger charge is -1.96. The largest absolute Gasteiger partial charge is 0.497 e. The van der Waals surface area contributed by atoms with Crippen molar-refractivity contribution < 1.29 is 9.15 Å². The van der Waals surface area contributed by atoms with E-state index in [1.165, 1.54) is 0 Å². The van der Waals surface area contributed by atoms with Gasteiger partial charge in [-0.15, -0.1) is 0 Å². The van der Waals surface area contributed by atoms with Gasteiger partial charge in [0.15, 0.2) is 5.13 Å². The van der Waals surface area contributed by atoms with Crippen LogP contribution in [0.15, 0.2) is 28.8 Å². The van der Waals surface area contributed by atoms with E-state index in [-0.39, 0.29) is 0 Å². The van der Waals surface area contributed by atoms with Crippen molar-refractivity contribution in [1.82, 2.24) is 9.97 Å². The van der Waals surface area contributed by atoms with E-state index >= 15 is 0 Å². The second-order valence-electron chi connectivity index (χ2n) is 4.07. The van der Waals surface area contributed by atoms with Gasteiger partial charge in [0.05, 0.1) is 30.1 Å². The molecule has 0 aliphatic carbocycles. The number of aryl methyl sites for hydroxylation is 1. The summed E-state index contributed by atoms with van der Waals surface area (Å²) >= 11 is 1.58. The first-order chi connectivity index (χ1) is 9.24. The van der Waals surface area contributed by atoms with Gasteiger partial charge in [-0.05, 0) is 25.1 Å². The van der Waals surface area contributed by atoms with Crippen LogP contribution in [0.1, 0.15) is 11.7 Å². The molecular weight excluding hydrogens is 262 g/mol. The first kappa shape index (κ1) is 12.0. The molecule has 1 N–H and O–H groups in total. The zero-order valence-electron chi connectivity index (χ0n) is 10.6. The van der Waals surface area contributed by atoms with Crippen molar-refractivity contribution in [2.24, 2.45) is 0 Å². The predicted octanol–water partition coefficient (Wildman–Crippen LogP) is 3.21. The second kappa shape index (κ2) is 4.89. The van der Waals surface area contributed by atoms with Crippen molar-refractivity contribution in [3.05, 3.63) is 36.0 Å². The van der Waals surface area contributed by atoms with Crippen LogP contribution < -0.4 is 10.1 Å². The number of methoxy groups -OCH3 is 1. The van der Waals surface area contributed by atoms with Gasteiger partial charge in [0.25, 0.3) is 0 Å². The van der Waals surface area contributed by atoms with E-state index in [0.717, 1.165) is 26.9 Å². The summed E-state index contributed by atoms with van der Waals surface area (Å²) in [7, 11) is 1.66. The summed E-state index contributed by atoms with van der Waals surface area (Å²) in [5, 5.41) is 4.06. The monoisotopic (exact) mass is 275 g/mol. The number of thiazole rings is 1. The number of rotatable bonds is 4. The van der Waals surface area contributed by atoms with Crippen LogP contribution in [-0.4, -0.2) is 17.1 Å². The van der Waals surface area contributed by atoms with Gasteiger partial charge in [0, 0.05) is 0 Å². The molecule has 0 bridgehead atoms. The fourth-order valence-corrected chi connectivity index (χ4v) is 2.63. The molecule has 19 heavy (non-hydrogen) atoms. The molecule has 0 aliphatic rings. The summed E-state index contributed by atoms with van der Waals surface area (Å²) < 4.78 is 11.7. The van der Waals surface area contributed by atoms with Crippen LogP contribution >= 0.6 is 11.3 Å². The Morgan fingerprint density at radius 3 is 3.05 bits per heavy atom. The standard InChI is InChI=1S/C13H13N3O2S/c1-8-6-14-12(18-8)7-15-13-16-10-4-3-9(17-2)5-11(10)19-13/h3-6H,7H2,1-2H3,(H,15,16). The molecule has 0 atom stereocenters. The zero-order chi connectivity index (χ0) is 13.2. The predicted molar refractivity (Wildman–Crippen MR) is 74.7 cm³/mol. The number of aromatic nitrogens is 2. The molecule has 5 nitrogen and oxygen atoms in total. The molecule has 0 saturated carbocycles. The third-order valence-electron chi connectivity index (χ3n) is 2.66. The maximum absolute atomic E-state index is 5.40. The van der Waals surface area contributed by atoms with E-state index in [9.17, 15) is 0 Å². The van der Waals surface area contributed by atoms with E-state index in [0.29, 0.717) is 12.4 Å². The minimum absolute atomic E-state index is 0.533. The number of fused-ring (bicyclic) bond motifs is 1. The summed E-state index contributed by atoms with van der Waals surface area (Å²) in [5.41, 5.74) is 0.955. The minimum atomic E-state index is 0.533. The fourth-order valence-electron chi connectivity index (χ4n) is 1.74. The first-order valence-electron chi connectivity index (χ1n) is 5.84. The van der Waals surface area contributed by atoms with Crippen molar-refractivity contribution in [2.75, 3.05) is 12.4 Å². The average molecular weight is 275 g/mol. The summed E-state index contributed by atoms with van der Waals surface area (Å²) in [5.74, 6) is 2.31. The summed E-state index contributed by atoms with van der Waals surface area (Å²) in [6.45, 7) is 2.41. The highest BCUT2D eigenvalue weighted by atomic mass is 32.1. The number of nitrogens with one attached hydrogen (secondary N) is 1. The number of ether oxygens (including phenoxy) is 1. The normalized spacial score (nSPS) is 10.8. The van der Waals surface area contributed by atoms with Crippen LogP contribution in [0.2, 0.25) is 0 Å². The second-order valence-corrected chi connectivity index (χ2v) is 5.10. The molecule has 1 aromatic carbocycles. The number of nitrogens with zero attached hydrogens (tertiary/aromatic N) is 2. The van der Waals surface area contributed by atoms with E-state index in [1.807, 2.05) is 25.1 Å². The van der Waals surface area contributed by atoms with Gasteiger partial charge in [-0.1, -0.05) is 11.3 Å². The van der Waals surface area contributed by atoms with E-state index in [1.54, 1.807) is 24.6 Å². The third-order valence-corrected chi connectivity index (χ3v) is 3.63. The molecule has 0 radical (unpaired) electrons. The SMILES string of the molecule is COc1ccc2nc(NCc3ncc(C)o3)sc2c1. The molecule has 0 saturated heterocycles. The molecule has 3 rings (SSSR count). The molecule has 0 amide bonds. The molecule has 3 aromatic rings. The van der Waals surface area contributed by atoms with Gasteiger partial charge in [-0.25, -0.2) is 9.97 Å². The van der Waals surface area contributed by atoms with E-state index in [4.69, 9.17) is 9.15 Å². The van der Waals surface area contributed by atoms with Crippen molar-refractivity contribution in [1.29, 1.82) is 0 Å². The van der Waals surface area contributed by atoms with Crippen LogP contribution in [0.3, 0.4) is 0 Å². The molecule has 0 fully saturated rings. The van der Waals surface area contributed by atoms with Crippen molar-refractivity contribution in [3.63, 3.8) is 0 Å². The van der Waals surface area contributed by atoms with E-state index < -0.39 is 0 Å². The highest BCUT2D eigenvalue weighted by molar-refractivity contribution is 7.22. The lowest BCUT2D eigenvalue weighted by atomic mass is 10.3. The number of hydrogen-bond donors (Lipinski definition) is 1. The molecule has 98 valence electrons. The molecular formula is C13H13N3O2S. The molecule has 0 unspecified atom stereocenters. The van der Waals surface area contributed by atoms with Gasteiger partial charge in [0.2, 0.25) is 5.89 Å². The Bertz CT molecular complexity index is 705. The molecule has 2 heterocycles. The van der Waals surface area contributed by atoms with Gasteiger partial charge in [-0.2, -0.15) is 0 Å². The Hall–Kier alpha value is -2.08. The molecule has 6 heteroatoms. The van der Waals surface area contributed by atoms with Crippen molar-refractivity contribution in [2.45, 2.75) is 13.5 Å².